The number of nitrogens with zero attached hydrogens (tertiary/aromatic N) is 1. The lowest BCUT2D eigenvalue weighted by Gasteiger charge is -2.11. The number of rotatable bonds is 5. The number of pyridine rings is 2. The van der Waals surface area contributed by atoms with Crippen LogP contribution in [0.1, 0.15) is 5.69 Å². The first-order chi connectivity index (χ1) is 15.6. The molecule has 4 aromatic rings. The fraction of sp³-hybridized carbons (Fsp3) is 0.130. The van der Waals surface area contributed by atoms with Crippen molar-refractivity contribution in [1.82, 2.24) is 9.97 Å². The van der Waals surface area contributed by atoms with Crippen molar-refractivity contribution in [2.24, 2.45) is 0 Å². The van der Waals surface area contributed by atoms with Crippen LogP contribution in [0.2, 0.25) is 5.02 Å². The van der Waals surface area contributed by atoms with E-state index in [0.29, 0.717) is 38.5 Å². The summed E-state index contributed by atoms with van der Waals surface area (Å²) < 4.78 is 51.4. The van der Waals surface area contributed by atoms with Gasteiger partial charge in [0.15, 0.2) is 5.43 Å². The Morgan fingerprint density at radius 3 is 2.33 bits per heavy atom. The number of hydrogen-bond acceptors (Lipinski definition) is 5. The van der Waals surface area contributed by atoms with Crippen LogP contribution in [-0.2, 0) is 0 Å². The van der Waals surface area contributed by atoms with Gasteiger partial charge in [-0.1, -0.05) is 11.6 Å². The van der Waals surface area contributed by atoms with Crippen LogP contribution in [-0.4, -0.2) is 23.4 Å². The quantitative estimate of drug-likeness (QED) is 0.368. The summed E-state index contributed by atoms with van der Waals surface area (Å²) in [6.07, 6.45) is -3.29. The molecule has 0 bridgehead atoms. The molecule has 0 saturated carbocycles. The van der Waals surface area contributed by atoms with E-state index in [4.69, 9.17) is 21.1 Å². The normalized spacial score (nSPS) is 11.5. The molecule has 0 radical (unpaired) electrons. The van der Waals surface area contributed by atoms with Gasteiger partial charge >= 0.3 is 6.36 Å². The van der Waals surface area contributed by atoms with Gasteiger partial charge in [0.2, 0.25) is 5.88 Å². The van der Waals surface area contributed by atoms with Crippen LogP contribution >= 0.6 is 11.6 Å². The Kier molecular flexibility index (Phi) is 5.90. The van der Waals surface area contributed by atoms with E-state index >= 15 is 0 Å². The molecule has 0 atom stereocenters. The summed E-state index contributed by atoms with van der Waals surface area (Å²) in [5.74, 6) is 0.564. The lowest BCUT2D eigenvalue weighted by molar-refractivity contribution is -0.274. The predicted molar refractivity (Wildman–Crippen MR) is 117 cm³/mol. The summed E-state index contributed by atoms with van der Waals surface area (Å²) in [6, 6.07) is 11.4. The second-order valence-corrected chi connectivity index (χ2v) is 7.40. The zero-order valence-corrected chi connectivity index (χ0v) is 18.0. The number of methoxy groups -OCH3 is 1. The predicted octanol–water partition coefficient (Wildman–Crippen LogP) is 6.25. The summed E-state index contributed by atoms with van der Waals surface area (Å²) in [5, 5.41) is 0.724. The number of aryl methyl sites for hydroxylation is 1. The monoisotopic (exact) mass is 476 g/mol. The zero-order valence-electron chi connectivity index (χ0n) is 17.3. The average molecular weight is 477 g/mol. The Labute approximate surface area is 190 Å². The van der Waals surface area contributed by atoms with E-state index in [2.05, 4.69) is 14.7 Å². The average Bonchev–Trinajstić information content (AvgIpc) is 2.75. The third kappa shape index (κ3) is 4.88. The first kappa shape index (κ1) is 22.5. The molecule has 0 unspecified atom stereocenters. The van der Waals surface area contributed by atoms with E-state index in [9.17, 15) is 18.0 Å². The van der Waals surface area contributed by atoms with E-state index in [1.807, 2.05) is 0 Å². The van der Waals surface area contributed by atoms with Gasteiger partial charge in [-0.15, -0.1) is 13.2 Å². The van der Waals surface area contributed by atoms with Gasteiger partial charge in [-0.3, -0.25) is 4.79 Å². The first-order valence-electron chi connectivity index (χ1n) is 9.55. The second-order valence-electron chi connectivity index (χ2n) is 6.99. The molecule has 2 aromatic heterocycles. The number of aromatic nitrogens is 2. The number of fused-ring (bicyclic) bond motifs is 1. The van der Waals surface area contributed by atoms with Crippen LogP contribution < -0.4 is 19.6 Å². The largest absolute Gasteiger partial charge is 0.573 e. The summed E-state index contributed by atoms with van der Waals surface area (Å²) >= 11 is 6.18. The van der Waals surface area contributed by atoms with E-state index in [0.717, 1.165) is 12.1 Å². The topological polar surface area (TPSA) is 73.4 Å². The number of H-pyrrole nitrogens is 1. The van der Waals surface area contributed by atoms with Crippen molar-refractivity contribution in [1.29, 1.82) is 0 Å². The molecule has 0 spiro atoms. The van der Waals surface area contributed by atoms with Gasteiger partial charge in [-0.25, -0.2) is 4.98 Å². The number of ether oxygens (including phenoxy) is 3. The molecule has 0 aliphatic heterocycles. The van der Waals surface area contributed by atoms with Crippen molar-refractivity contribution in [3.05, 3.63) is 75.7 Å². The highest BCUT2D eigenvalue weighted by Crippen LogP contribution is 2.31. The molecule has 0 saturated heterocycles. The number of benzene rings is 2. The summed E-state index contributed by atoms with van der Waals surface area (Å²) in [4.78, 5) is 20.5. The highest BCUT2D eigenvalue weighted by Gasteiger charge is 2.31. The molecular weight excluding hydrogens is 461 g/mol. The first-order valence-corrected chi connectivity index (χ1v) is 9.92. The van der Waals surface area contributed by atoms with Crippen LogP contribution in [0.3, 0.4) is 0 Å². The van der Waals surface area contributed by atoms with Gasteiger partial charge in [-0.2, -0.15) is 0 Å². The smallest absolute Gasteiger partial charge is 0.495 e. The summed E-state index contributed by atoms with van der Waals surface area (Å²) in [5.41, 5.74) is 1.99. The van der Waals surface area contributed by atoms with Crippen LogP contribution in [0.5, 0.6) is 23.1 Å². The molecule has 6 nitrogen and oxygen atoms in total. The molecule has 0 fully saturated rings. The molecule has 0 aliphatic rings. The van der Waals surface area contributed by atoms with Crippen molar-refractivity contribution < 1.29 is 27.4 Å². The lowest BCUT2D eigenvalue weighted by atomic mass is 10.0. The molecular formula is C23H16ClF3N2O4. The third-order valence-electron chi connectivity index (χ3n) is 4.77. The number of hydrogen-bond donors (Lipinski definition) is 1. The van der Waals surface area contributed by atoms with E-state index in [1.165, 1.54) is 25.4 Å². The fourth-order valence-electron chi connectivity index (χ4n) is 3.34. The Morgan fingerprint density at radius 2 is 1.73 bits per heavy atom. The van der Waals surface area contributed by atoms with Gasteiger partial charge < -0.3 is 19.2 Å². The molecule has 0 aliphatic carbocycles. The van der Waals surface area contributed by atoms with Crippen molar-refractivity contribution >= 4 is 22.5 Å². The second kappa shape index (κ2) is 8.67. The standard InChI is InChI=1S/C23H16ClF3N2O4/c1-12-21(22(30)16-9-17(24)19(31-2)10-18(16)29-12)13-3-8-20(28-11-13)32-14-4-6-15(7-5-14)33-23(25,26)27/h3-11H,1-2H3,(H,29,30). The number of alkyl halides is 3. The van der Waals surface area contributed by atoms with E-state index in [-0.39, 0.29) is 22.8 Å². The minimum atomic E-state index is -4.77. The van der Waals surface area contributed by atoms with Crippen LogP contribution in [0.4, 0.5) is 13.2 Å². The Bertz CT molecular complexity index is 1370. The summed E-state index contributed by atoms with van der Waals surface area (Å²) in [6.45, 7) is 1.77. The number of halogens is 4. The van der Waals surface area contributed by atoms with Crippen molar-refractivity contribution in [3.63, 3.8) is 0 Å². The summed E-state index contributed by atoms with van der Waals surface area (Å²) in [7, 11) is 1.49. The maximum absolute atomic E-state index is 13.1. The van der Waals surface area contributed by atoms with Crippen molar-refractivity contribution in [2.45, 2.75) is 13.3 Å². The van der Waals surface area contributed by atoms with Crippen LogP contribution in [0, 0.1) is 6.92 Å². The fourth-order valence-corrected chi connectivity index (χ4v) is 3.58. The molecule has 2 heterocycles. The maximum atomic E-state index is 13.1. The maximum Gasteiger partial charge on any atom is 0.573 e. The van der Waals surface area contributed by atoms with Crippen LogP contribution in [0.15, 0.2) is 59.5 Å². The molecule has 2 aromatic carbocycles. The number of nitrogens with one attached hydrogen (secondary N) is 1. The van der Waals surface area contributed by atoms with E-state index < -0.39 is 6.36 Å². The van der Waals surface area contributed by atoms with Crippen molar-refractivity contribution in [3.8, 4) is 34.3 Å². The Balaban J connectivity index is 1.60. The van der Waals surface area contributed by atoms with Crippen LogP contribution in [0.25, 0.3) is 22.0 Å². The van der Waals surface area contributed by atoms with Gasteiger partial charge in [0.1, 0.15) is 17.2 Å². The lowest BCUT2D eigenvalue weighted by Crippen LogP contribution is -2.16. The van der Waals surface area contributed by atoms with Crippen molar-refractivity contribution in [2.75, 3.05) is 7.11 Å². The minimum Gasteiger partial charge on any atom is -0.495 e. The third-order valence-corrected chi connectivity index (χ3v) is 5.06. The number of aromatic amines is 1. The molecule has 33 heavy (non-hydrogen) atoms. The minimum absolute atomic E-state index is 0.200. The van der Waals surface area contributed by atoms with Gasteiger partial charge in [0, 0.05) is 35.0 Å². The highest BCUT2D eigenvalue weighted by atomic mass is 35.5. The van der Waals surface area contributed by atoms with Gasteiger partial charge in [0.25, 0.3) is 0 Å². The molecule has 0 amide bonds. The molecule has 170 valence electrons. The SMILES string of the molecule is COc1cc2[nH]c(C)c(-c3ccc(Oc4ccc(OC(F)(F)F)cc4)nc3)c(=O)c2cc1Cl. The molecule has 10 heteroatoms. The zero-order chi connectivity index (χ0) is 23.8. The van der Waals surface area contributed by atoms with Gasteiger partial charge in [-0.05, 0) is 43.3 Å². The van der Waals surface area contributed by atoms with Gasteiger partial charge in [0.05, 0.1) is 23.2 Å². The van der Waals surface area contributed by atoms with E-state index in [1.54, 1.807) is 31.2 Å². The molecule has 1 N–H and O–H groups in total. The molecule has 4 rings (SSSR count). The Hall–Kier alpha value is -3.72. The Morgan fingerprint density at radius 1 is 1.03 bits per heavy atom. The highest BCUT2D eigenvalue weighted by molar-refractivity contribution is 6.32.